The van der Waals surface area contributed by atoms with Gasteiger partial charge in [0.05, 0.1) is 6.54 Å². The lowest BCUT2D eigenvalue weighted by molar-refractivity contribution is -0.112. The van der Waals surface area contributed by atoms with E-state index in [0.717, 1.165) is 5.75 Å². The van der Waals surface area contributed by atoms with Crippen molar-refractivity contribution in [2.45, 2.75) is 6.10 Å². The summed E-state index contributed by atoms with van der Waals surface area (Å²) in [4.78, 5) is 12.4. The third-order valence-corrected chi connectivity index (χ3v) is 4.62. The minimum atomic E-state index is -0.511. The highest BCUT2D eigenvalue weighted by Crippen LogP contribution is 2.30. The molecule has 0 saturated heterocycles. The molecule has 0 saturated carbocycles. The summed E-state index contributed by atoms with van der Waals surface area (Å²) in [5.74, 6) is 2.23. The van der Waals surface area contributed by atoms with Crippen molar-refractivity contribution in [1.82, 2.24) is 5.32 Å². The third-order valence-electron chi connectivity index (χ3n) is 4.62. The highest BCUT2D eigenvalue weighted by molar-refractivity contribution is 6.06. The molecule has 1 heterocycles. The van der Waals surface area contributed by atoms with Gasteiger partial charge in [-0.1, -0.05) is 30.3 Å². The summed E-state index contributed by atoms with van der Waals surface area (Å²) in [5, 5.41) is 15.0. The largest absolute Gasteiger partial charge is 0.486 e. The molecule has 3 aromatic rings. The SMILES string of the molecule is N#C/C(=C/NCC1COc2ccccc2O1)C(=O)Nc1ccc(Oc2ccccc2)cc1. The monoisotopic (exact) mass is 427 g/mol. The van der Waals surface area contributed by atoms with Crippen LogP contribution in [0.4, 0.5) is 5.69 Å². The van der Waals surface area contributed by atoms with Crippen molar-refractivity contribution in [3.8, 4) is 29.1 Å². The number of carbonyl (C=O) groups excluding carboxylic acids is 1. The number of nitrogens with zero attached hydrogens (tertiary/aromatic N) is 1. The van der Waals surface area contributed by atoms with E-state index in [0.29, 0.717) is 36.1 Å². The van der Waals surface area contributed by atoms with Crippen molar-refractivity contribution in [3.63, 3.8) is 0 Å². The maximum Gasteiger partial charge on any atom is 0.267 e. The van der Waals surface area contributed by atoms with Gasteiger partial charge >= 0.3 is 0 Å². The van der Waals surface area contributed by atoms with E-state index in [9.17, 15) is 10.1 Å². The van der Waals surface area contributed by atoms with Crippen LogP contribution in [0.25, 0.3) is 0 Å². The van der Waals surface area contributed by atoms with Crippen molar-refractivity contribution < 1.29 is 19.0 Å². The predicted octanol–water partition coefficient (Wildman–Crippen LogP) is 4.25. The number of anilines is 1. The first kappa shape index (κ1) is 20.8. The molecular weight excluding hydrogens is 406 g/mol. The summed E-state index contributed by atoms with van der Waals surface area (Å²) < 4.78 is 17.2. The van der Waals surface area contributed by atoms with E-state index in [2.05, 4.69) is 10.6 Å². The van der Waals surface area contributed by atoms with E-state index >= 15 is 0 Å². The first-order valence-electron chi connectivity index (χ1n) is 10.1. The van der Waals surface area contributed by atoms with Gasteiger partial charge in [0.25, 0.3) is 5.91 Å². The van der Waals surface area contributed by atoms with Crippen LogP contribution < -0.4 is 24.8 Å². The Morgan fingerprint density at radius 1 is 1.00 bits per heavy atom. The number of amides is 1. The maximum atomic E-state index is 12.4. The molecule has 3 aromatic carbocycles. The molecule has 4 rings (SSSR count). The second-order valence-corrected chi connectivity index (χ2v) is 6.97. The molecule has 0 aromatic heterocycles. The van der Waals surface area contributed by atoms with Crippen LogP contribution in [0.15, 0.2) is 90.6 Å². The summed E-state index contributed by atoms with van der Waals surface area (Å²) in [5.41, 5.74) is 0.504. The minimum absolute atomic E-state index is 0.0493. The lowest BCUT2D eigenvalue weighted by Crippen LogP contribution is -2.37. The number of rotatable bonds is 7. The van der Waals surface area contributed by atoms with Gasteiger partial charge in [-0.25, -0.2) is 0 Å². The van der Waals surface area contributed by atoms with Crippen molar-refractivity contribution in [3.05, 3.63) is 90.6 Å². The number of benzene rings is 3. The molecule has 0 spiro atoms. The Balaban J connectivity index is 1.29. The summed E-state index contributed by atoms with van der Waals surface area (Å²) in [6.07, 6.45) is 1.15. The lowest BCUT2D eigenvalue weighted by atomic mass is 10.2. The average molecular weight is 427 g/mol. The van der Waals surface area contributed by atoms with Gasteiger partial charge in [0, 0.05) is 11.9 Å². The van der Waals surface area contributed by atoms with E-state index < -0.39 is 5.91 Å². The molecular formula is C25H21N3O4. The summed E-state index contributed by atoms with van der Waals surface area (Å²) >= 11 is 0. The second kappa shape index (κ2) is 10.0. The standard InChI is InChI=1S/C25H21N3O4/c26-14-18(15-27-16-22-17-30-23-8-4-5-9-24(23)32-22)25(29)28-19-10-12-21(13-11-19)31-20-6-2-1-3-7-20/h1-13,15,22,27H,16-17H2,(H,28,29)/b18-15-. The molecule has 7 heteroatoms. The molecule has 1 atom stereocenters. The van der Waals surface area contributed by atoms with Gasteiger partial charge in [0.2, 0.25) is 0 Å². The first-order valence-corrected chi connectivity index (χ1v) is 10.1. The fourth-order valence-corrected chi connectivity index (χ4v) is 3.03. The van der Waals surface area contributed by atoms with Gasteiger partial charge in [-0.2, -0.15) is 5.26 Å². The average Bonchev–Trinajstić information content (AvgIpc) is 2.83. The second-order valence-electron chi connectivity index (χ2n) is 6.97. The van der Waals surface area contributed by atoms with Crippen LogP contribution >= 0.6 is 0 Å². The Morgan fingerprint density at radius 2 is 1.69 bits per heavy atom. The number of nitriles is 1. The van der Waals surface area contributed by atoms with Crippen molar-refractivity contribution >= 4 is 11.6 Å². The van der Waals surface area contributed by atoms with E-state index in [1.54, 1.807) is 24.3 Å². The summed E-state index contributed by atoms with van der Waals surface area (Å²) in [6, 6.07) is 25.7. The van der Waals surface area contributed by atoms with Crippen LogP contribution in [0.1, 0.15) is 0 Å². The molecule has 0 bridgehead atoms. The molecule has 0 aliphatic carbocycles. The molecule has 7 nitrogen and oxygen atoms in total. The van der Waals surface area contributed by atoms with Crippen molar-refractivity contribution in [2.75, 3.05) is 18.5 Å². The number of carbonyl (C=O) groups is 1. The van der Waals surface area contributed by atoms with Crippen molar-refractivity contribution in [1.29, 1.82) is 5.26 Å². The fraction of sp³-hybridized carbons (Fsp3) is 0.120. The number of nitrogens with one attached hydrogen (secondary N) is 2. The molecule has 0 radical (unpaired) electrons. The molecule has 0 fully saturated rings. The number of ether oxygens (including phenoxy) is 3. The van der Waals surface area contributed by atoms with Crippen LogP contribution in [-0.2, 0) is 4.79 Å². The molecule has 1 unspecified atom stereocenters. The third kappa shape index (κ3) is 5.37. The zero-order valence-corrected chi connectivity index (χ0v) is 17.2. The first-order chi connectivity index (χ1) is 15.7. The Bertz CT molecular complexity index is 1140. The van der Waals surface area contributed by atoms with E-state index in [-0.39, 0.29) is 11.7 Å². The maximum absolute atomic E-state index is 12.4. The zero-order valence-electron chi connectivity index (χ0n) is 17.2. The number of hydrogen-bond acceptors (Lipinski definition) is 6. The topological polar surface area (TPSA) is 92.6 Å². The van der Waals surface area contributed by atoms with E-state index in [1.807, 2.05) is 60.7 Å². The number of hydrogen-bond donors (Lipinski definition) is 2. The van der Waals surface area contributed by atoms with Gasteiger partial charge in [0.15, 0.2) is 11.5 Å². The lowest BCUT2D eigenvalue weighted by Gasteiger charge is -2.26. The van der Waals surface area contributed by atoms with Crippen molar-refractivity contribution in [2.24, 2.45) is 0 Å². The van der Waals surface area contributed by atoms with Crippen LogP contribution in [0, 0.1) is 11.3 Å². The summed E-state index contributed by atoms with van der Waals surface area (Å²) in [7, 11) is 0. The highest BCUT2D eigenvalue weighted by atomic mass is 16.6. The smallest absolute Gasteiger partial charge is 0.267 e. The van der Waals surface area contributed by atoms with Crippen LogP contribution in [0.3, 0.4) is 0 Å². The Kier molecular flexibility index (Phi) is 6.54. The zero-order chi connectivity index (χ0) is 22.2. The quantitative estimate of drug-likeness (QED) is 0.433. The van der Waals surface area contributed by atoms with Crippen LogP contribution in [0.5, 0.6) is 23.0 Å². The summed E-state index contributed by atoms with van der Waals surface area (Å²) in [6.45, 7) is 0.766. The van der Waals surface area contributed by atoms with Gasteiger partial charge < -0.3 is 24.8 Å². The van der Waals surface area contributed by atoms with Gasteiger partial charge in [-0.15, -0.1) is 0 Å². The van der Waals surface area contributed by atoms with Gasteiger partial charge in [-0.05, 0) is 48.5 Å². The number of fused-ring (bicyclic) bond motifs is 1. The molecule has 1 aliphatic rings. The molecule has 1 aliphatic heterocycles. The van der Waals surface area contributed by atoms with E-state index in [1.165, 1.54) is 6.20 Å². The fourth-order valence-electron chi connectivity index (χ4n) is 3.03. The Labute approximate surface area is 185 Å². The van der Waals surface area contributed by atoms with Crippen LogP contribution in [-0.4, -0.2) is 25.2 Å². The molecule has 32 heavy (non-hydrogen) atoms. The predicted molar refractivity (Wildman–Crippen MR) is 120 cm³/mol. The van der Waals surface area contributed by atoms with Gasteiger partial charge in [-0.3, -0.25) is 4.79 Å². The Hall–Kier alpha value is -4.44. The minimum Gasteiger partial charge on any atom is -0.486 e. The number of para-hydroxylation sites is 3. The highest BCUT2D eigenvalue weighted by Gasteiger charge is 2.20. The van der Waals surface area contributed by atoms with Crippen LogP contribution in [0.2, 0.25) is 0 Å². The molecule has 2 N–H and O–H groups in total. The molecule has 1 amide bonds. The van der Waals surface area contributed by atoms with Gasteiger partial charge in [0.1, 0.15) is 35.9 Å². The molecule has 160 valence electrons. The van der Waals surface area contributed by atoms with E-state index in [4.69, 9.17) is 14.2 Å². The Morgan fingerprint density at radius 3 is 2.44 bits per heavy atom. The normalized spacial score (nSPS) is 14.7.